The molecule has 1 aromatic carbocycles. The second-order valence-corrected chi connectivity index (χ2v) is 6.90. The van der Waals surface area contributed by atoms with Crippen molar-refractivity contribution in [1.29, 1.82) is 0 Å². The van der Waals surface area contributed by atoms with Crippen LogP contribution in [0.25, 0.3) is 0 Å². The maximum Gasteiger partial charge on any atom is 0.185 e. The van der Waals surface area contributed by atoms with Crippen LogP contribution in [-0.2, 0) is 14.6 Å². The van der Waals surface area contributed by atoms with E-state index in [0.29, 0.717) is 6.42 Å². The maximum atomic E-state index is 12.7. The smallest absolute Gasteiger partial charge is 0.185 e. The van der Waals surface area contributed by atoms with E-state index in [1.165, 1.54) is 0 Å². The number of Topliss-reactive ketones (excluding diaryl/α,β-unsaturated/α-hetero) is 1. The molecule has 0 amide bonds. The lowest BCUT2D eigenvalue weighted by atomic mass is 10.0. The fourth-order valence-corrected chi connectivity index (χ4v) is 2.96. The number of nitrogens with two attached hydrogens (primary N) is 1. The zero-order valence-corrected chi connectivity index (χ0v) is 11.8. The number of hydrogen-bond donors (Lipinski definition) is 1. The van der Waals surface area contributed by atoms with Gasteiger partial charge in [0.1, 0.15) is 11.6 Å². The molecule has 0 aliphatic rings. The Morgan fingerprint density at radius 2 is 1.79 bits per heavy atom. The van der Waals surface area contributed by atoms with Crippen molar-refractivity contribution in [3.63, 3.8) is 0 Å². The standard InChI is InChI=1S/C13H18FNO3S/c1-9(2)7-12(15)13(16)8-19(17,18)11-5-3-10(14)4-6-11/h3-6,9,12H,7-8,15H2,1-2H3/t12-/m0/s1. The number of sulfone groups is 1. The number of carbonyl (C=O) groups excluding carboxylic acids is 1. The van der Waals surface area contributed by atoms with Crippen LogP contribution in [0.3, 0.4) is 0 Å². The van der Waals surface area contributed by atoms with E-state index >= 15 is 0 Å². The highest BCUT2D eigenvalue weighted by atomic mass is 32.2. The topological polar surface area (TPSA) is 77.2 Å². The van der Waals surface area contributed by atoms with Crippen molar-refractivity contribution >= 4 is 15.6 Å². The third kappa shape index (κ3) is 4.72. The van der Waals surface area contributed by atoms with Crippen molar-refractivity contribution in [3.8, 4) is 0 Å². The van der Waals surface area contributed by atoms with E-state index in [4.69, 9.17) is 5.73 Å². The Morgan fingerprint density at radius 3 is 2.26 bits per heavy atom. The fourth-order valence-electron chi connectivity index (χ4n) is 1.66. The van der Waals surface area contributed by atoms with E-state index < -0.39 is 33.2 Å². The molecule has 0 aromatic heterocycles. The first-order chi connectivity index (χ1) is 8.72. The van der Waals surface area contributed by atoms with Gasteiger partial charge in [0.15, 0.2) is 15.6 Å². The summed E-state index contributed by atoms with van der Waals surface area (Å²) in [7, 11) is -3.75. The molecule has 0 saturated heterocycles. The van der Waals surface area contributed by atoms with Crippen LogP contribution in [0, 0.1) is 11.7 Å². The molecule has 0 unspecified atom stereocenters. The van der Waals surface area contributed by atoms with Gasteiger partial charge in [-0.1, -0.05) is 13.8 Å². The summed E-state index contributed by atoms with van der Waals surface area (Å²) in [5.41, 5.74) is 5.65. The van der Waals surface area contributed by atoms with E-state index in [9.17, 15) is 17.6 Å². The van der Waals surface area contributed by atoms with Crippen LogP contribution < -0.4 is 5.73 Å². The highest BCUT2D eigenvalue weighted by molar-refractivity contribution is 7.92. The molecule has 106 valence electrons. The van der Waals surface area contributed by atoms with E-state index in [-0.39, 0.29) is 10.8 Å². The van der Waals surface area contributed by atoms with Crippen LogP contribution in [0.5, 0.6) is 0 Å². The number of ketones is 1. The van der Waals surface area contributed by atoms with Gasteiger partial charge in [0.2, 0.25) is 0 Å². The number of rotatable bonds is 6. The summed E-state index contributed by atoms with van der Waals surface area (Å²) in [6, 6.07) is 3.60. The van der Waals surface area contributed by atoms with Crippen LogP contribution in [0.4, 0.5) is 4.39 Å². The number of hydrogen-bond acceptors (Lipinski definition) is 4. The molecule has 0 bridgehead atoms. The molecule has 1 atom stereocenters. The van der Waals surface area contributed by atoms with Gasteiger partial charge in [-0.05, 0) is 36.6 Å². The summed E-state index contributed by atoms with van der Waals surface area (Å²) < 4.78 is 36.6. The lowest BCUT2D eigenvalue weighted by Crippen LogP contribution is -2.36. The molecule has 1 aromatic rings. The third-order valence-electron chi connectivity index (χ3n) is 2.64. The largest absolute Gasteiger partial charge is 0.321 e. The summed E-state index contributed by atoms with van der Waals surface area (Å²) in [5, 5.41) is 0. The lowest BCUT2D eigenvalue weighted by molar-refractivity contribution is -0.118. The van der Waals surface area contributed by atoms with Crippen LogP contribution in [-0.4, -0.2) is 26.0 Å². The van der Waals surface area contributed by atoms with Crippen molar-refractivity contribution in [2.75, 3.05) is 5.75 Å². The predicted molar refractivity (Wildman–Crippen MR) is 70.9 cm³/mol. The molecular weight excluding hydrogens is 269 g/mol. The quantitative estimate of drug-likeness (QED) is 0.805. The summed E-state index contributed by atoms with van der Waals surface area (Å²) in [6.07, 6.45) is 0.442. The van der Waals surface area contributed by atoms with Gasteiger partial charge >= 0.3 is 0 Å². The summed E-state index contributed by atoms with van der Waals surface area (Å²) >= 11 is 0. The van der Waals surface area contributed by atoms with Crippen molar-refractivity contribution in [2.45, 2.75) is 31.2 Å². The Hall–Kier alpha value is -1.27. The molecule has 4 nitrogen and oxygen atoms in total. The second-order valence-electron chi connectivity index (χ2n) is 4.92. The molecule has 0 aliphatic heterocycles. The average molecular weight is 287 g/mol. The van der Waals surface area contributed by atoms with Crippen molar-refractivity contribution < 1.29 is 17.6 Å². The average Bonchev–Trinajstić information content (AvgIpc) is 2.27. The summed E-state index contributed by atoms with van der Waals surface area (Å²) in [5.74, 6) is -1.47. The number of carbonyl (C=O) groups is 1. The predicted octanol–water partition coefficient (Wildman–Crippen LogP) is 1.54. The second kappa shape index (κ2) is 6.25. The SMILES string of the molecule is CC(C)C[C@H](N)C(=O)CS(=O)(=O)c1ccc(F)cc1. The zero-order valence-electron chi connectivity index (χ0n) is 11.0. The number of halogens is 1. The molecular formula is C13H18FNO3S. The van der Waals surface area contributed by atoms with Crippen molar-refractivity contribution in [3.05, 3.63) is 30.1 Å². The first-order valence-electron chi connectivity index (χ1n) is 5.99. The van der Waals surface area contributed by atoms with Crippen LogP contribution >= 0.6 is 0 Å². The van der Waals surface area contributed by atoms with E-state index in [2.05, 4.69) is 0 Å². The monoisotopic (exact) mass is 287 g/mol. The van der Waals surface area contributed by atoms with Gasteiger partial charge in [-0.25, -0.2) is 12.8 Å². The van der Waals surface area contributed by atoms with Gasteiger partial charge in [-0.15, -0.1) is 0 Å². The third-order valence-corrected chi connectivity index (χ3v) is 4.30. The molecule has 0 heterocycles. The maximum absolute atomic E-state index is 12.7. The molecule has 0 spiro atoms. The summed E-state index contributed by atoms with van der Waals surface area (Å²) in [4.78, 5) is 11.7. The Labute approximate surface area is 112 Å². The van der Waals surface area contributed by atoms with Gasteiger partial charge < -0.3 is 5.73 Å². The van der Waals surface area contributed by atoms with E-state index in [1.807, 2.05) is 13.8 Å². The molecule has 0 fully saturated rings. The number of benzene rings is 1. The van der Waals surface area contributed by atoms with Gasteiger partial charge in [0, 0.05) is 0 Å². The molecule has 0 radical (unpaired) electrons. The van der Waals surface area contributed by atoms with Crippen molar-refractivity contribution in [2.24, 2.45) is 11.7 Å². The van der Waals surface area contributed by atoms with Gasteiger partial charge in [-0.2, -0.15) is 0 Å². The van der Waals surface area contributed by atoms with Gasteiger partial charge in [0.05, 0.1) is 10.9 Å². The highest BCUT2D eigenvalue weighted by Gasteiger charge is 2.24. The molecule has 19 heavy (non-hydrogen) atoms. The molecule has 1 rings (SSSR count). The zero-order chi connectivity index (χ0) is 14.6. The van der Waals surface area contributed by atoms with E-state index in [1.54, 1.807) is 0 Å². The Kier molecular flexibility index (Phi) is 5.20. The first kappa shape index (κ1) is 15.8. The van der Waals surface area contributed by atoms with Gasteiger partial charge in [-0.3, -0.25) is 4.79 Å². The fraction of sp³-hybridized carbons (Fsp3) is 0.462. The normalized spacial score (nSPS) is 13.5. The minimum absolute atomic E-state index is 0.0704. The van der Waals surface area contributed by atoms with Crippen LogP contribution in [0.15, 0.2) is 29.2 Å². The minimum atomic E-state index is -3.75. The highest BCUT2D eigenvalue weighted by Crippen LogP contribution is 2.13. The first-order valence-corrected chi connectivity index (χ1v) is 7.64. The minimum Gasteiger partial charge on any atom is -0.321 e. The Balaban J connectivity index is 2.80. The Morgan fingerprint density at radius 1 is 1.26 bits per heavy atom. The molecule has 2 N–H and O–H groups in total. The summed E-state index contributed by atoms with van der Waals surface area (Å²) in [6.45, 7) is 3.81. The lowest BCUT2D eigenvalue weighted by Gasteiger charge is -2.13. The van der Waals surface area contributed by atoms with E-state index in [0.717, 1.165) is 24.3 Å². The van der Waals surface area contributed by atoms with Crippen LogP contribution in [0.2, 0.25) is 0 Å². The Bertz CT molecular complexity index is 538. The molecule has 6 heteroatoms. The van der Waals surface area contributed by atoms with Gasteiger partial charge in [0.25, 0.3) is 0 Å². The van der Waals surface area contributed by atoms with Crippen LogP contribution in [0.1, 0.15) is 20.3 Å². The molecule has 0 saturated carbocycles. The molecule has 0 aliphatic carbocycles. The van der Waals surface area contributed by atoms with Crippen molar-refractivity contribution in [1.82, 2.24) is 0 Å².